The maximum Gasteiger partial charge on any atom is 0.289 e. The van der Waals surface area contributed by atoms with E-state index in [2.05, 4.69) is 10.0 Å². The largest absolute Gasteiger partial charge is 0.451 e. The van der Waals surface area contributed by atoms with Gasteiger partial charge in [0.2, 0.25) is 10.0 Å². The van der Waals surface area contributed by atoms with Crippen molar-refractivity contribution in [2.24, 2.45) is 5.92 Å². The lowest BCUT2D eigenvalue weighted by atomic mass is 9.93. The van der Waals surface area contributed by atoms with Crippen molar-refractivity contribution < 1.29 is 17.6 Å². The normalized spacial score (nSPS) is 21.0. The molecule has 2 aliphatic heterocycles. The van der Waals surface area contributed by atoms with Crippen molar-refractivity contribution in [3.63, 3.8) is 0 Å². The molecule has 8 heteroatoms. The fourth-order valence-corrected chi connectivity index (χ4v) is 5.97. The highest BCUT2D eigenvalue weighted by Gasteiger charge is 2.36. The summed E-state index contributed by atoms with van der Waals surface area (Å²) < 4.78 is 33.9. The lowest BCUT2D eigenvalue weighted by Crippen LogP contribution is -2.52. The molecule has 31 heavy (non-hydrogen) atoms. The van der Waals surface area contributed by atoms with E-state index in [1.807, 2.05) is 38.1 Å². The number of hydrogen-bond acceptors (Lipinski definition) is 5. The average Bonchev–Trinajstić information content (AvgIpc) is 3.09. The fourth-order valence-electron chi connectivity index (χ4n) is 4.58. The number of amides is 1. The number of nitrogens with one attached hydrogen (secondary N) is 2. The summed E-state index contributed by atoms with van der Waals surface area (Å²) in [6.07, 6.45) is 1.02. The molecule has 1 aromatic heterocycles. The Hall–Kier alpha value is -2.84. The second-order valence-electron chi connectivity index (χ2n) is 8.42. The molecule has 3 heterocycles. The van der Waals surface area contributed by atoms with E-state index in [0.717, 1.165) is 22.1 Å². The highest BCUT2D eigenvalue weighted by Crippen LogP contribution is 2.32. The lowest BCUT2D eigenvalue weighted by molar-refractivity contribution is 0.0648. The Morgan fingerprint density at radius 1 is 1.10 bits per heavy atom. The predicted molar refractivity (Wildman–Crippen MR) is 118 cm³/mol. The van der Waals surface area contributed by atoms with Crippen LogP contribution in [0.1, 0.15) is 34.5 Å². The molecule has 162 valence electrons. The molecule has 1 atom stereocenters. The number of rotatable bonds is 2. The molecule has 3 aromatic rings. The van der Waals surface area contributed by atoms with Crippen LogP contribution in [-0.2, 0) is 10.0 Å². The molecule has 2 aromatic carbocycles. The number of furan rings is 1. The summed E-state index contributed by atoms with van der Waals surface area (Å²) in [7, 11) is -3.55. The smallest absolute Gasteiger partial charge is 0.289 e. The standard InChI is InChI=1S/C23H25N3O4S/c1-14-7-8-19-17(13-14)15(2)21(30-19)23(27)26-11-9-16(10-12-26)22-24-18-5-3-4-6-20(18)31(28,29)25-22/h3-8,13,16,22,24-25H,9-12H2,1-2H3/t22-/m0/s1. The van der Waals surface area contributed by atoms with Crippen molar-refractivity contribution in [2.45, 2.75) is 37.8 Å². The first kappa shape index (κ1) is 20.1. The summed E-state index contributed by atoms with van der Waals surface area (Å²) in [5.74, 6) is 0.378. The Morgan fingerprint density at radius 3 is 2.61 bits per heavy atom. The number of piperidine rings is 1. The molecule has 1 saturated heterocycles. The van der Waals surface area contributed by atoms with Gasteiger partial charge >= 0.3 is 0 Å². The van der Waals surface area contributed by atoms with Crippen LogP contribution in [-0.4, -0.2) is 38.5 Å². The third-order valence-electron chi connectivity index (χ3n) is 6.35. The molecule has 0 bridgehead atoms. The van der Waals surface area contributed by atoms with Gasteiger partial charge in [-0.15, -0.1) is 0 Å². The van der Waals surface area contributed by atoms with Crippen molar-refractivity contribution >= 4 is 32.6 Å². The molecule has 0 aliphatic carbocycles. The van der Waals surface area contributed by atoms with E-state index in [0.29, 0.717) is 37.4 Å². The SMILES string of the molecule is Cc1ccc2oc(C(=O)N3CCC([C@H]4Nc5ccccc5S(=O)(=O)N4)CC3)c(C)c2c1. The Balaban J connectivity index is 1.30. The number of fused-ring (bicyclic) bond motifs is 2. The van der Waals surface area contributed by atoms with E-state index in [1.54, 1.807) is 23.1 Å². The highest BCUT2D eigenvalue weighted by atomic mass is 32.2. The Bertz CT molecular complexity index is 1270. The summed E-state index contributed by atoms with van der Waals surface area (Å²) >= 11 is 0. The van der Waals surface area contributed by atoms with Crippen molar-refractivity contribution in [1.29, 1.82) is 0 Å². The number of hydrogen-bond donors (Lipinski definition) is 2. The van der Waals surface area contributed by atoms with E-state index < -0.39 is 10.0 Å². The van der Waals surface area contributed by atoms with Gasteiger partial charge in [-0.2, -0.15) is 4.72 Å². The van der Waals surface area contributed by atoms with Crippen LogP contribution in [0, 0.1) is 19.8 Å². The van der Waals surface area contributed by atoms with E-state index >= 15 is 0 Å². The summed E-state index contributed by atoms with van der Waals surface area (Å²) in [6.45, 7) is 5.05. The number of sulfonamides is 1. The number of anilines is 1. The monoisotopic (exact) mass is 439 g/mol. The maximum atomic E-state index is 13.1. The summed E-state index contributed by atoms with van der Waals surface area (Å²) in [6, 6.07) is 12.8. The van der Waals surface area contributed by atoms with Gasteiger partial charge in [0, 0.05) is 24.0 Å². The molecule has 2 aliphatic rings. The molecule has 2 N–H and O–H groups in total. The second kappa shape index (κ2) is 7.39. The quantitative estimate of drug-likeness (QED) is 0.636. The summed E-state index contributed by atoms with van der Waals surface area (Å²) in [5.41, 5.74) is 3.34. The Morgan fingerprint density at radius 2 is 1.84 bits per heavy atom. The molecule has 0 saturated carbocycles. The first-order valence-electron chi connectivity index (χ1n) is 10.5. The number of likely N-dealkylation sites (tertiary alicyclic amines) is 1. The van der Waals surface area contributed by atoms with Gasteiger partial charge in [-0.05, 0) is 56.9 Å². The van der Waals surface area contributed by atoms with E-state index in [9.17, 15) is 13.2 Å². The zero-order chi connectivity index (χ0) is 21.8. The predicted octanol–water partition coefficient (Wildman–Crippen LogP) is 3.63. The fraction of sp³-hybridized carbons (Fsp3) is 0.348. The number of carbonyl (C=O) groups is 1. The molecule has 0 spiro atoms. The van der Waals surface area contributed by atoms with Crippen molar-refractivity contribution in [3.05, 3.63) is 59.4 Å². The first-order chi connectivity index (χ1) is 14.8. The molecule has 7 nitrogen and oxygen atoms in total. The van der Waals surface area contributed by atoms with Crippen LogP contribution in [0.2, 0.25) is 0 Å². The van der Waals surface area contributed by atoms with Gasteiger partial charge in [-0.3, -0.25) is 4.79 Å². The highest BCUT2D eigenvalue weighted by molar-refractivity contribution is 7.89. The molecular weight excluding hydrogens is 414 g/mol. The lowest BCUT2D eigenvalue weighted by Gasteiger charge is -2.38. The van der Waals surface area contributed by atoms with Gasteiger partial charge in [0.25, 0.3) is 5.91 Å². The number of para-hydroxylation sites is 1. The molecule has 1 fully saturated rings. The second-order valence-corrected chi connectivity index (χ2v) is 10.1. The summed E-state index contributed by atoms with van der Waals surface area (Å²) in [4.78, 5) is 15.2. The van der Waals surface area contributed by atoms with Gasteiger partial charge in [-0.25, -0.2) is 8.42 Å². The van der Waals surface area contributed by atoms with Crippen molar-refractivity contribution in [1.82, 2.24) is 9.62 Å². The number of aryl methyl sites for hydroxylation is 2. The minimum Gasteiger partial charge on any atom is -0.451 e. The third-order valence-corrected chi connectivity index (χ3v) is 7.85. The minimum atomic E-state index is -3.55. The van der Waals surface area contributed by atoms with Crippen LogP contribution in [0.25, 0.3) is 11.0 Å². The third kappa shape index (κ3) is 3.49. The molecule has 1 amide bonds. The van der Waals surface area contributed by atoms with Gasteiger partial charge in [0.1, 0.15) is 10.5 Å². The van der Waals surface area contributed by atoms with Crippen molar-refractivity contribution in [2.75, 3.05) is 18.4 Å². The Kier molecular flexibility index (Phi) is 4.79. The van der Waals surface area contributed by atoms with E-state index in [4.69, 9.17) is 4.42 Å². The number of benzene rings is 2. The maximum absolute atomic E-state index is 13.1. The van der Waals surface area contributed by atoms with Crippen LogP contribution < -0.4 is 10.0 Å². The number of carbonyl (C=O) groups excluding carboxylic acids is 1. The van der Waals surface area contributed by atoms with Crippen molar-refractivity contribution in [3.8, 4) is 0 Å². The first-order valence-corrected chi connectivity index (χ1v) is 12.0. The van der Waals surface area contributed by atoms with Crippen LogP contribution in [0.15, 0.2) is 51.8 Å². The van der Waals surface area contributed by atoms with Gasteiger partial charge in [0.05, 0.1) is 11.9 Å². The molecule has 0 radical (unpaired) electrons. The van der Waals surface area contributed by atoms with Gasteiger partial charge in [-0.1, -0.05) is 23.8 Å². The zero-order valence-corrected chi connectivity index (χ0v) is 18.3. The van der Waals surface area contributed by atoms with Crippen LogP contribution in [0.3, 0.4) is 0 Å². The number of nitrogens with zero attached hydrogens (tertiary/aromatic N) is 1. The van der Waals surface area contributed by atoms with Crippen LogP contribution in [0.5, 0.6) is 0 Å². The molecular formula is C23H25N3O4S. The van der Waals surface area contributed by atoms with E-state index in [-0.39, 0.29) is 22.9 Å². The molecule has 0 unspecified atom stereocenters. The zero-order valence-electron chi connectivity index (χ0n) is 17.5. The summed E-state index contributed by atoms with van der Waals surface area (Å²) in [5, 5.41) is 4.29. The van der Waals surface area contributed by atoms with Crippen LogP contribution in [0.4, 0.5) is 5.69 Å². The van der Waals surface area contributed by atoms with E-state index in [1.165, 1.54) is 0 Å². The topological polar surface area (TPSA) is 91.7 Å². The minimum absolute atomic E-state index is 0.0894. The van der Waals surface area contributed by atoms with Crippen LogP contribution >= 0.6 is 0 Å². The Labute approximate surface area is 181 Å². The van der Waals surface area contributed by atoms with Gasteiger partial charge in [0.15, 0.2) is 5.76 Å². The molecule has 5 rings (SSSR count). The average molecular weight is 440 g/mol. The van der Waals surface area contributed by atoms with Gasteiger partial charge < -0.3 is 14.6 Å².